The molecule has 126 valence electrons. The molecule has 3 fully saturated rings. The molecule has 3 aliphatic rings. The summed E-state index contributed by atoms with van der Waals surface area (Å²) in [5.41, 5.74) is 1.10. The van der Waals surface area contributed by atoms with Crippen LogP contribution in [0.2, 0.25) is 0 Å². The molecule has 0 aromatic carbocycles. The van der Waals surface area contributed by atoms with Crippen LogP contribution in [-0.2, 0) is 6.54 Å². The molecule has 2 saturated carbocycles. The third-order valence-electron chi connectivity index (χ3n) is 5.44. The fraction of sp³-hybridized carbons (Fsp3) is 0.647. The van der Waals surface area contributed by atoms with Gasteiger partial charge >= 0.3 is 0 Å². The van der Waals surface area contributed by atoms with Crippen LogP contribution in [0.5, 0.6) is 0 Å². The minimum absolute atomic E-state index is 0.0148. The second kappa shape index (κ2) is 5.65. The SMILES string of the molecule is O=c1ccc(C2CC2)nn1CC1CN(c2nc(C3CCC3)ns2)C1. The zero-order valence-corrected chi connectivity index (χ0v) is 14.4. The van der Waals surface area contributed by atoms with Crippen molar-refractivity contribution in [1.29, 1.82) is 0 Å². The van der Waals surface area contributed by atoms with Crippen LogP contribution in [0, 0.1) is 5.92 Å². The number of nitrogens with zero attached hydrogens (tertiary/aromatic N) is 5. The van der Waals surface area contributed by atoms with E-state index in [4.69, 9.17) is 4.98 Å². The lowest BCUT2D eigenvalue weighted by Crippen LogP contribution is -2.49. The minimum Gasteiger partial charge on any atom is -0.346 e. The topological polar surface area (TPSA) is 63.9 Å². The first-order valence-electron chi connectivity index (χ1n) is 8.93. The Balaban J connectivity index is 1.21. The Morgan fingerprint density at radius 2 is 1.96 bits per heavy atom. The highest BCUT2D eigenvalue weighted by Crippen LogP contribution is 2.39. The largest absolute Gasteiger partial charge is 0.346 e. The molecular formula is C17H21N5OS. The summed E-state index contributed by atoms with van der Waals surface area (Å²) in [6.45, 7) is 2.60. The third-order valence-corrected chi connectivity index (χ3v) is 6.23. The maximum atomic E-state index is 12.0. The molecule has 5 rings (SSSR count). The number of aromatic nitrogens is 4. The van der Waals surface area contributed by atoms with Crippen molar-refractivity contribution in [3.05, 3.63) is 34.0 Å². The van der Waals surface area contributed by atoms with Crippen molar-refractivity contribution in [3.8, 4) is 0 Å². The summed E-state index contributed by atoms with van der Waals surface area (Å²) in [5.74, 6) is 2.70. The lowest BCUT2D eigenvalue weighted by atomic mass is 9.85. The van der Waals surface area contributed by atoms with E-state index >= 15 is 0 Å². The van der Waals surface area contributed by atoms with Crippen LogP contribution in [0.3, 0.4) is 0 Å². The van der Waals surface area contributed by atoms with Crippen LogP contribution < -0.4 is 10.5 Å². The Morgan fingerprint density at radius 1 is 1.12 bits per heavy atom. The van der Waals surface area contributed by atoms with E-state index < -0.39 is 0 Å². The van der Waals surface area contributed by atoms with Crippen LogP contribution in [0.4, 0.5) is 5.13 Å². The molecule has 6 nitrogen and oxygen atoms in total. The van der Waals surface area contributed by atoms with Gasteiger partial charge in [0.25, 0.3) is 5.56 Å². The summed E-state index contributed by atoms with van der Waals surface area (Å²) in [4.78, 5) is 19.0. The molecule has 0 atom stereocenters. The highest BCUT2D eigenvalue weighted by molar-refractivity contribution is 7.09. The molecule has 0 N–H and O–H groups in total. The van der Waals surface area contributed by atoms with E-state index in [1.165, 1.54) is 43.6 Å². The summed E-state index contributed by atoms with van der Waals surface area (Å²) in [6, 6.07) is 3.57. The highest BCUT2D eigenvalue weighted by Gasteiger charge is 2.32. The van der Waals surface area contributed by atoms with E-state index in [-0.39, 0.29) is 5.56 Å². The van der Waals surface area contributed by atoms with E-state index in [2.05, 4.69) is 14.4 Å². The van der Waals surface area contributed by atoms with Gasteiger partial charge in [-0.1, -0.05) is 6.42 Å². The van der Waals surface area contributed by atoms with E-state index in [1.54, 1.807) is 10.7 Å². The molecular weight excluding hydrogens is 322 g/mol. The maximum Gasteiger partial charge on any atom is 0.266 e. The molecule has 3 heterocycles. The highest BCUT2D eigenvalue weighted by atomic mass is 32.1. The summed E-state index contributed by atoms with van der Waals surface area (Å²) >= 11 is 1.52. The van der Waals surface area contributed by atoms with Gasteiger partial charge in [-0.15, -0.1) is 0 Å². The van der Waals surface area contributed by atoms with Gasteiger partial charge in [0.05, 0.1) is 12.2 Å². The van der Waals surface area contributed by atoms with E-state index in [1.807, 2.05) is 6.07 Å². The lowest BCUT2D eigenvalue weighted by molar-refractivity contribution is 0.332. The molecule has 1 aliphatic heterocycles. The number of rotatable bonds is 5. The normalized spacial score (nSPS) is 21.6. The Morgan fingerprint density at radius 3 is 2.67 bits per heavy atom. The molecule has 0 radical (unpaired) electrons. The van der Waals surface area contributed by atoms with Crippen molar-refractivity contribution < 1.29 is 0 Å². The van der Waals surface area contributed by atoms with Crippen LogP contribution in [-0.4, -0.2) is 32.2 Å². The zero-order valence-electron chi connectivity index (χ0n) is 13.6. The first-order chi connectivity index (χ1) is 11.8. The predicted octanol–water partition coefficient (Wildman–Crippen LogP) is 2.38. The van der Waals surface area contributed by atoms with Gasteiger partial charge in [0, 0.05) is 48.4 Å². The molecule has 2 aromatic heterocycles. The molecule has 2 aromatic rings. The monoisotopic (exact) mass is 343 g/mol. The molecule has 0 amide bonds. The van der Waals surface area contributed by atoms with Crippen molar-refractivity contribution >= 4 is 16.7 Å². The predicted molar refractivity (Wildman–Crippen MR) is 92.7 cm³/mol. The van der Waals surface area contributed by atoms with E-state index in [0.717, 1.165) is 29.7 Å². The van der Waals surface area contributed by atoms with Crippen molar-refractivity contribution in [2.45, 2.75) is 50.5 Å². The molecule has 0 unspecified atom stereocenters. The van der Waals surface area contributed by atoms with Crippen molar-refractivity contribution in [2.24, 2.45) is 5.92 Å². The maximum absolute atomic E-state index is 12.0. The first-order valence-corrected chi connectivity index (χ1v) is 9.70. The van der Waals surface area contributed by atoms with Crippen molar-refractivity contribution in [3.63, 3.8) is 0 Å². The summed E-state index contributed by atoms with van der Waals surface area (Å²) in [5, 5.41) is 5.60. The Kier molecular flexibility index (Phi) is 3.43. The van der Waals surface area contributed by atoms with Gasteiger partial charge in [0.2, 0.25) is 5.13 Å². The average Bonchev–Trinajstić information content (AvgIpc) is 3.23. The van der Waals surface area contributed by atoms with Crippen LogP contribution in [0.25, 0.3) is 0 Å². The van der Waals surface area contributed by atoms with Gasteiger partial charge in [-0.2, -0.15) is 9.47 Å². The van der Waals surface area contributed by atoms with Crippen LogP contribution >= 0.6 is 11.5 Å². The fourth-order valence-corrected chi connectivity index (χ4v) is 4.23. The molecule has 2 aliphatic carbocycles. The van der Waals surface area contributed by atoms with Crippen molar-refractivity contribution in [2.75, 3.05) is 18.0 Å². The fourth-order valence-electron chi connectivity index (χ4n) is 3.47. The van der Waals surface area contributed by atoms with Crippen LogP contribution in [0.1, 0.15) is 55.5 Å². The number of hydrogen-bond acceptors (Lipinski definition) is 6. The second-order valence-corrected chi connectivity index (χ2v) is 8.12. The Bertz CT molecular complexity index is 801. The van der Waals surface area contributed by atoms with Gasteiger partial charge in [-0.05, 0) is 31.7 Å². The summed E-state index contributed by atoms with van der Waals surface area (Å²) in [6.07, 6.45) is 6.22. The van der Waals surface area contributed by atoms with E-state index in [9.17, 15) is 4.79 Å². The smallest absolute Gasteiger partial charge is 0.266 e. The lowest BCUT2D eigenvalue weighted by Gasteiger charge is -2.38. The minimum atomic E-state index is 0.0148. The van der Waals surface area contributed by atoms with Gasteiger partial charge in [-0.25, -0.2) is 9.67 Å². The molecule has 0 bridgehead atoms. The standard InChI is InChI=1S/C17H21N5OS/c23-15-7-6-14(12-4-5-12)19-22(15)10-11-8-21(9-11)17-18-16(20-24-17)13-2-1-3-13/h6-7,11-13H,1-5,8-10H2. The Hall–Kier alpha value is -1.76. The average molecular weight is 343 g/mol. The zero-order chi connectivity index (χ0) is 16.1. The molecule has 1 saturated heterocycles. The second-order valence-electron chi connectivity index (χ2n) is 7.39. The number of anilines is 1. The molecule has 0 spiro atoms. The Labute approximate surface area is 144 Å². The van der Waals surface area contributed by atoms with Gasteiger partial charge < -0.3 is 4.90 Å². The number of hydrogen-bond donors (Lipinski definition) is 0. The van der Waals surface area contributed by atoms with Crippen LogP contribution in [0.15, 0.2) is 16.9 Å². The third kappa shape index (κ3) is 2.64. The van der Waals surface area contributed by atoms with E-state index in [0.29, 0.717) is 24.3 Å². The quantitative estimate of drug-likeness (QED) is 0.834. The molecule has 7 heteroatoms. The summed E-state index contributed by atoms with van der Waals surface area (Å²) < 4.78 is 6.19. The van der Waals surface area contributed by atoms with Crippen molar-refractivity contribution in [1.82, 2.24) is 19.1 Å². The molecule has 24 heavy (non-hydrogen) atoms. The summed E-state index contributed by atoms with van der Waals surface area (Å²) in [7, 11) is 0. The van der Waals surface area contributed by atoms with Gasteiger partial charge in [0.1, 0.15) is 5.82 Å². The van der Waals surface area contributed by atoms with Gasteiger partial charge in [-0.3, -0.25) is 4.79 Å². The first kappa shape index (κ1) is 14.6. The van der Waals surface area contributed by atoms with Gasteiger partial charge in [0.15, 0.2) is 0 Å².